The second-order valence-corrected chi connectivity index (χ2v) is 3.62. The number of hydrogen-bond acceptors (Lipinski definition) is 5. The third-order valence-corrected chi connectivity index (χ3v) is 2.41. The average Bonchev–Trinajstić information content (AvgIpc) is 2.87. The lowest BCUT2D eigenvalue weighted by Crippen LogP contribution is -2.01. The Kier molecular flexibility index (Phi) is 3.57. The fraction of sp³-hybridized carbons (Fsp3) is 0.250. The van der Waals surface area contributed by atoms with Gasteiger partial charge in [-0.05, 0) is 5.56 Å². The number of aromatic amines is 1. The van der Waals surface area contributed by atoms with E-state index in [2.05, 4.69) is 19.7 Å². The Hall–Kier alpha value is -2.37. The predicted octanol–water partition coefficient (Wildman–Crippen LogP) is 1.19. The third-order valence-electron chi connectivity index (χ3n) is 2.41. The lowest BCUT2D eigenvalue weighted by molar-refractivity contribution is 0.0594. The molecule has 2 aromatic heterocycles. The van der Waals surface area contributed by atoms with Gasteiger partial charge in [0.2, 0.25) is 5.88 Å². The molecule has 0 spiro atoms. The molecule has 0 fully saturated rings. The van der Waals surface area contributed by atoms with Gasteiger partial charge in [0, 0.05) is 18.7 Å². The Morgan fingerprint density at radius 1 is 1.28 bits per heavy atom. The van der Waals surface area contributed by atoms with E-state index in [1.807, 2.05) is 6.07 Å². The number of carbonyl (C=O) groups excluding carboxylic acids is 1. The molecule has 18 heavy (non-hydrogen) atoms. The lowest BCUT2D eigenvalue weighted by Gasteiger charge is -2.00. The Morgan fingerprint density at radius 2 is 2.11 bits per heavy atom. The molecule has 0 atom stereocenters. The van der Waals surface area contributed by atoms with Crippen LogP contribution in [0.2, 0.25) is 0 Å². The number of carbonyl (C=O) groups is 1. The molecule has 0 aliphatic rings. The van der Waals surface area contributed by atoms with Crippen molar-refractivity contribution in [1.29, 1.82) is 0 Å². The van der Waals surface area contributed by atoms with Gasteiger partial charge in [-0.15, -0.1) is 0 Å². The first-order valence-corrected chi connectivity index (χ1v) is 5.34. The first kappa shape index (κ1) is 12.1. The van der Waals surface area contributed by atoms with Crippen LogP contribution >= 0.6 is 0 Å². The van der Waals surface area contributed by atoms with Crippen LogP contribution in [0.1, 0.15) is 21.9 Å². The van der Waals surface area contributed by atoms with Crippen molar-refractivity contribution in [2.45, 2.75) is 6.42 Å². The van der Waals surface area contributed by atoms with E-state index in [-0.39, 0.29) is 0 Å². The number of esters is 1. The molecule has 2 aromatic rings. The minimum absolute atomic E-state index is 0.342. The molecule has 1 N–H and O–H groups in total. The van der Waals surface area contributed by atoms with E-state index in [1.54, 1.807) is 19.4 Å². The molecule has 2 rings (SSSR count). The lowest BCUT2D eigenvalue weighted by atomic mass is 10.2. The van der Waals surface area contributed by atoms with E-state index in [0.29, 0.717) is 23.8 Å². The van der Waals surface area contributed by atoms with Crippen molar-refractivity contribution in [1.82, 2.24) is 15.0 Å². The number of H-pyrrole nitrogens is 1. The second kappa shape index (κ2) is 5.31. The van der Waals surface area contributed by atoms with Crippen LogP contribution in [-0.4, -0.2) is 35.1 Å². The average molecular weight is 247 g/mol. The highest BCUT2D eigenvalue weighted by Crippen LogP contribution is 2.10. The highest BCUT2D eigenvalue weighted by Gasteiger charge is 2.09. The van der Waals surface area contributed by atoms with Gasteiger partial charge in [-0.2, -0.15) is 0 Å². The maximum Gasteiger partial charge on any atom is 0.356 e. The summed E-state index contributed by atoms with van der Waals surface area (Å²) in [7, 11) is 2.90. The number of methoxy groups -OCH3 is 2. The molecule has 6 heteroatoms. The van der Waals surface area contributed by atoms with Gasteiger partial charge in [0.1, 0.15) is 11.5 Å². The number of hydrogen-bond donors (Lipinski definition) is 1. The smallest absolute Gasteiger partial charge is 0.356 e. The van der Waals surface area contributed by atoms with Crippen LogP contribution in [0, 0.1) is 0 Å². The van der Waals surface area contributed by atoms with Gasteiger partial charge in [-0.25, -0.2) is 14.8 Å². The van der Waals surface area contributed by atoms with E-state index in [4.69, 9.17) is 4.74 Å². The maximum atomic E-state index is 11.2. The van der Waals surface area contributed by atoms with Gasteiger partial charge >= 0.3 is 5.97 Å². The molecule has 0 unspecified atom stereocenters. The molecule has 6 nitrogen and oxygen atoms in total. The summed E-state index contributed by atoms with van der Waals surface area (Å²) in [6.07, 6.45) is 3.73. The minimum Gasteiger partial charge on any atom is -0.481 e. The molecule has 94 valence electrons. The number of nitrogens with zero attached hydrogens (tertiary/aromatic N) is 2. The van der Waals surface area contributed by atoms with E-state index >= 15 is 0 Å². The molecule has 0 radical (unpaired) electrons. The second-order valence-electron chi connectivity index (χ2n) is 3.62. The van der Waals surface area contributed by atoms with Gasteiger partial charge in [-0.1, -0.05) is 6.07 Å². The van der Waals surface area contributed by atoms with Crippen molar-refractivity contribution in [3.8, 4) is 5.88 Å². The number of nitrogens with one attached hydrogen (secondary N) is 1. The molecular formula is C12H13N3O3. The van der Waals surface area contributed by atoms with E-state index in [9.17, 15) is 4.79 Å². The Morgan fingerprint density at radius 3 is 2.72 bits per heavy atom. The van der Waals surface area contributed by atoms with Crippen LogP contribution in [-0.2, 0) is 11.2 Å². The minimum atomic E-state index is -0.429. The van der Waals surface area contributed by atoms with Crippen LogP contribution in [0.15, 0.2) is 24.5 Å². The van der Waals surface area contributed by atoms with E-state index < -0.39 is 5.97 Å². The number of pyridine rings is 1. The molecular weight excluding hydrogens is 234 g/mol. The van der Waals surface area contributed by atoms with Crippen LogP contribution in [0.4, 0.5) is 0 Å². The Labute approximate surface area is 104 Å². The highest BCUT2D eigenvalue weighted by molar-refractivity contribution is 5.86. The molecule has 0 amide bonds. The predicted molar refractivity (Wildman–Crippen MR) is 63.5 cm³/mol. The highest BCUT2D eigenvalue weighted by atomic mass is 16.5. The first-order valence-electron chi connectivity index (χ1n) is 5.34. The van der Waals surface area contributed by atoms with Crippen LogP contribution in [0.25, 0.3) is 0 Å². The quantitative estimate of drug-likeness (QED) is 0.821. The maximum absolute atomic E-state index is 11.2. The van der Waals surface area contributed by atoms with Crippen molar-refractivity contribution < 1.29 is 14.3 Å². The van der Waals surface area contributed by atoms with Gasteiger partial charge in [0.15, 0.2) is 0 Å². The molecule has 0 saturated carbocycles. The zero-order valence-corrected chi connectivity index (χ0v) is 10.1. The summed E-state index contributed by atoms with van der Waals surface area (Å²) >= 11 is 0. The number of aromatic nitrogens is 3. The summed E-state index contributed by atoms with van der Waals surface area (Å²) in [5.74, 6) is 0.817. The van der Waals surface area contributed by atoms with Crippen LogP contribution < -0.4 is 4.74 Å². The molecule has 2 heterocycles. The van der Waals surface area contributed by atoms with Gasteiger partial charge in [-0.3, -0.25) is 0 Å². The van der Waals surface area contributed by atoms with Gasteiger partial charge in [0.05, 0.1) is 20.4 Å². The molecule has 0 aliphatic carbocycles. The fourth-order valence-corrected chi connectivity index (χ4v) is 1.50. The van der Waals surface area contributed by atoms with E-state index in [0.717, 1.165) is 5.56 Å². The van der Waals surface area contributed by atoms with Crippen molar-refractivity contribution in [3.63, 3.8) is 0 Å². The molecule has 0 bridgehead atoms. The fourth-order valence-electron chi connectivity index (χ4n) is 1.50. The van der Waals surface area contributed by atoms with Gasteiger partial charge < -0.3 is 14.5 Å². The third kappa shape index (κ3) is 2.65. The number of imidazole rings is 1. The summed E-state index contributed by atoms with van der Waals surface area (Å²) in [5, 5.41) is 0. The van der Waals surface area contributed by atoms with Gasteiger partial charge in [0.25, 0.3) is 0 Å². The summed E-state index contributed by atoms with van der Waals surface area (Å²) in [5.41, 5.74) is 1.32. The topological polar surface area (TPSA) is 77.1 Å². The summed E-state index contributed by atoms with van der Waals surface area (Å²) in [6.45, 7) is 0. The van der Waals surface area contributed by atoms with Crippen molar-refractivity contribution in [3.05, 3.63) is 41.6 Å². The number of rotatable bonds is 4. The van der Waals surface area contributed by atoms with Crippen LogP contribution in [0.5, 0.6) is 5.88 Å². The monoisotopic (exact) mass is 247 g/mol. The molecule has 0 aliphatic heterocycles. The van der Waals surface area contributed by atoms with E-state index in [1.165, 1.54) is 13.3 Å². The summed E-state index contributed by atoms with van der Waals surface area (Å²) in [6, 6.07) is 3.67. The zero-order chi connectivity index (χ0) is 13.0. The summed E-state index contributed by atoms with van der Waals surface area (Å²) < 4.78 is 9.56. The normalized spacial score (nSPS) is 10.1. The van der Waals surface area contributed by atoms with Crippen molar-refractivity contribution >= 4 is 5.97 Å². The van der Waals surface area contributed by atoms with Crippen molar-refractivity contribution in [2.24, 2.45) is 0 Å². The molecule has 0 saturated heterocycles. The Balaban J connectivity index is 2.08. The standard InChI is InChI=1S/C12H13N3O3/c1-17-11-4-3-8(6-14-11)5-10-13-7-9(15-10)12(16)18-2/h3-4,6-7H,5H2,1-2H3,(H,13,15). The first-order chi connectivity index (χ1) is 8.72. The Bertz CT molecular complexity index is 534. The van der Waals surface area contributed by atoms with Crippen molar-refractivity contribution in [2.75, 3.05) is 14.2 Å². The van der Waals surface area contributed by atoms with Crippen LogP contribution in [0.3, 0.4) is 0 Å². The summed E-state index contributed by atoms with van der Waals surface area (Å²) in [4.78, 5) is 22.3. The SMILES string of the molecule is COC(=O)c1cnc(Cc2ccc(OC)nc2)[nH]1. The largest absolute Gasteiger partial charge is 0.481 e. The zero-order valence-electron chi connectivity index (χ0n) is 10.1. The molecule has 0 aromatic carbocycles. The number of ether oxygens (including phenoxy) is 2.